The van der Waals surface area contributed by atoms with Gasteiger partial charge in [-0.1, -0.05) is 19.1 Å². The van der Waals surface area contributed by atoms with Crippen molar-refractivity contribution in [3.05, 3.63) is 35.9 Å². The lowest BCUT2D eigenvalue weighted by Gasteiger charge is -2.45. The molecule has 2 aliphatic carbocycles. The summed E-state index contributed by atoms with van der Waals surface area (Å²) in [5.74, 6) is 1.60. The zero-order valence-corrected chi connectivity index (χ0v) is 15.4. The number of aromatic hydroxyl groups is 1. The second-order valence-electron chi connectivity index (χ2n) is 7.71. The summed E-state index contributed by atoms with van der Waals surface area (Å²) < 4.78 is 37.2. The molecule has 1 aliphatic heterocycles. The molecular weight excluding hydrogens is 354 g/mol. The Morgan fingerprint density at radius 2 is 2.08 bits per heavy atom. The molecule has 5 atom stereocenters. The summed E-state index contributed by atoms with van der Waals surface area (Å²) in [6.07, 6.45) is 7.93. The smallest absolute Gasteiger partial charge is 0.262 e. The zero-order valence-electron chi connectivity index (χ0n) is 14.6. The van der Waals surface area contributed by atoms with Crippen molar-refractivity contribution in [3.8, 4) is 11.5 Å². The van der Waals surface area contributed by atoms with E-state index in [1.54, 1.807) is 12.1 Å². The van der Waals surface area contributed by atoms with E-state index in [1.165, 1.54) is 18.6 Å². The van der Waals surface area contributed by atoms with Gasteiger partial charge in [0.25, 0.3) is 10.4 Å². The molecule has 1 heterocycles. The monoisotopic (exact) mass is 377 g/mol. The van der Waals surface area contributed by atoms with Crippen LogP contribution in [0.4, 0.5) is 0 Å². The molecule has 7 heteroatoms. The Labute approximate surface area is 153 Å². The first-order valence-corrected chi connectivity index (χ1v) is 10.4. The summed E-state index contributed by atoms with van der Waals surface area (Å²) in [5.41, 5.74) is 2.21. The average Bonchev–Trinajstić information content (AvgIpc) is 2.56. The molecule has 1 aromatic rings. The third kappa shape index (κ3) is 3.25. The molecule has 4 rings (SSSR count). The molecule has 0 spiro atoms. The topological polar surface area (TPSA) is 101 Å². The van der Waals surface area contributed by atoms with Crippen LogP contribution in [-0.4, -0.2) is 30.3 Å². The number of nitrogens with one attached hydrogen (secondary N) is 1. The molecule has 6 nitrogen and oxygen atoms in total. The highest BCUT2D eigenvalue weighted by atomic mass is 32.3. The van der Waals surface area contributed by atoms with Crippen LogP contribution < -0.4 is 9.18 Å². The first-order chi connectivity index (χ1) is 12.3. The zero-order chi connectivity index (χ0) is 18.5. The predicted molar refractivity (Wildman–Crippen MR) is 94.6 cm³/mol. The van der Waals surface area contributed by atoms with Crippen molar-refractivity contribution < 1.29 is 27.3 Å². The molecule has 1 saturated carbocycles. The minimum absolute atomic E-state index is 0.0465. The fourth-order valence-corrected chi connectivity index (χ4v) is 5.45. The van der Waals surface area contributed by atoms with Crippen LogP contribution in [0.25, 0.3) is 0 Å². The fourth-order valence-electron chi connectivity index (χ4n) is 5.12. The minimum atomic E-state index is -4.88. The van der Waals surface area contributed by atoms with Gasteiger partial charge in [-0.15, -0.1) is 0 Å². The SMILES string of the molecule is CC1C[NH+]=C2CCCC3C=C[C@H](c4cc(O)cc(OS(=O)(=O)[O-])c4)C1[C@@H]23. The molecule has 0 radical (unpaired) electrons. The molecule has 3 unspecified atom stereocenters. The van der Waals surface area contributed by atoms with E-state index in [1.807, 2.05) is 0 Å². The van der Waals surface area contributed by atoms with Crippen molar-refractivity contribution in [2.24, 2.45) is 23.7 Å². The van der Waals surface area contributed by atoms with E-state index < -0.39 is 10.4 Å². The highest BCUT2D eigenvalue weighted by Crippen LogP contribution is 2.49. The average molecular weight is 377 g/mol. The number of phenolic OH excluding ortho intramolecular Hbond substituents is 1. The van der Waals surface area contributed by atoms with Gasteiger partial charge in [-0.25, -0.2) is 13.4 Å². The number of allylic oxidation sites excluding steroid dienone is 2. The van der Waals surface area contributed by atoms with Crippen LogP contribution in [0.15, 0.2) is 30.4 Å². The number of hydrogen-bond acceptors (Lipinski definition) is 5. The lowest BCUT2D eigenvalue weighted by Crippen LogP contribution is -2.81. The van der Waals surface area contributed by atoms with E-state index in [9.17, 15) is 18.1 Å². The van der Waals surface area contributed by atoms with Crippen molar-refractivity contribution in [2.75, 3.05) is 6.54 Å². The highest BCUT2D eigenvalue weighted by Gasteiger charge is 2.48. The van der Waals surface area contributed by atoms with E-state index in [4.69, 9.17) is 0 Å². The Hall–Kier alpha value is -1.86. The predicted octanol–water partition coefficient (Wildman–Crippen LogP) is 1.09. The second-order valence-corrected chi connectivity index (χ2v) is 8.69. The molecule has 1 aromatic carbocycles. The van der Waals surface area contributed by atoms with Gasteiger partial charge in [-0.3, -0.25) is 0 Å². The third-order valence-corrected chi connectivity index (χ3v) is 6.44. The van der Waals surface area contributed by atoms with Gasteiger partial charge in [0.1, 0.15) is 18.0 Å². The molecule has 0 amide bonds. The summed E-state index contributed by atoms with van der Waals surface area (Å²) in [7, 11) is -4.88. The second kappa shape index (κ2) is 6.39. The molecule has 2 N–H and O–H groups in total. The molecular formula is C19H23NO5S. The van der Waals surface area contributed by atoms with Crippen molar-refractivity contribution in [3.63, 3.8) is 0 Å². The summed E-state index contributed by atoms with van der Waals surface area (Å²) in [6.45, 7) is 3.15. The van der Waals surface area contributed by atoms with E-state index in [0.717, 1.165) is 24.6 Å². The summed E-state index contributed by atoms with van der Waals surface area (Å²) in [4.78, 5) is 3.61. The Kier molecular flexibility index (Phi) is 4.31. The molecule has 140 valence electrons. The van der Waals surface area contributed by atoms with Crippen molar-refractivity contribution in [1.82, 2.24) is 0 Å². The number of rotatable bonds is 3. The molecule has 0 aromatic heterocycles. The Bertz CT molecular complexity index is 876. The Balaban J connectivity index is 1.75. The number of phenols is 1. The normalized spacial score (nSPS) is 33.3. The molecule has 1 fully saturated rings. The maximum absolute atomic E-state index is 10.9. The van der Waals surface area contributed by atoms with Gasteiger partial charge in [0, 0.05) is 30.2 Å². The van der Waals surface area contributed by atoms with Crippen LogP contribution >= 0.6 is 0 Å². The van der Waals surface area contributed by atoms with E-state index in [2.05, 4.69) is 28.3 Å². The standard InChI is InChI=1S/C19H23NO5S/c1-11-10-20-17-4-2-3-12-5-6-16(18(11)19(12)17)13-7-14(21)9-15(8-13)25-26(22,23)24/h5-9,11-12,16,18-19,21H,2-4,10H2,1H3,(H,22,23,24)/t11?,12?,16-,18?,19-/m1/s1. The Morgan fingerprint density at radius 1 is 1.27 bits per heavy atom. The van der Waals surface area contributed by atoms with Gasteiger partial charge in [0.2, 0.25) is 0 Å². The maximum atomic E-state index is 10.9. The van der Waals surface area contributed by atoms with Crippen LogP contribution in [0.3, 0.4) is 0 Å². The minimum Gasteiger partial charge on any atom is -0.716 e. The number of benzene rings is 1. The first kappa shape index (κ1) is 17.5. The molecule has 26 heavy (non-hydrogen) atoms. The van der Waals surface area contributed by atoms with Crippen LogP contribution in [0.1, 0.15) is 37.7 Å². The number of hydrogen-bond donors (Lipinski definition) is 2. The summed E-state index contributed by atoms with van der Waals surface area (Å²) in [5, 5.41) is 10.0. The third-order valence-electron chi connectivity index (χ3n) is 6.05. The fraction of sp³-hybridized carbons (Fsp3) is 0.526. The van der Waals surface area contributed by atoms with Crippen LogP contribution in [-0.2, 0) is 10.4 Å². The van der Waals surface area contributed by atoms with Gasteiger partial charge in [0.05, 0.1) is 0 Å². The van der Waals surface area contributed by atoms with Gasteiger partial charge < -0.3 is 13.8 Å². The van der Waals surface area contributed by atoms with Gasteiger partial charge in [-0.05, 0) is 42.4 Å². The molecule has 0 bridgehead atoms. The lowest BCUT2D eigenvalue weighted by atomic mass is 9.58. The van der Waals surface area contributed by atoms with E-state index in [-0.39, 0.29) is 17.4 Å². The summed E-state index contributed by atoms with van der Waals surface area (Å²) in [6, 6.07) is 4.34. The van der Waals surface area contributed by atoms with Gasteiger partial charge >= 0.3 is 0 Å². The van der Waals surface area contributed by atoms with Gasteiger partial charge in [-0.2, -0.15) is 0 Å². The quantitative estimate of drug-likeness (QED) is 0.467. The molecule has 0 saturated heterocycles. The maximum Gasteiger partial charge on any atom is 0.262 e. The van der Waals surface area contributed by atoms with E-state index >= 15 is 0 Å². The van der Waals surface area contributed by atoms with Crippen LogP contribution in [0.5, 0.6) is 11.5 Å². The van der Waals surface area contributed by atoms with Crippen LogP contribution in [0, 0.1) is 23.7 Å². The largest absolute Gasteiger partial charge is 0.716 e. The first-order valence-electron chi connectivity index (χ1n) is 9.09. The van der Waals surface area contributed by atoms with Crippen molar-refractivity contribution >= 4 is 16.1 Å². The van der Waals surface area contributed by atoms with Crippen LogP contribution in [0.2, 0.25) is 0 Å². The Morgan fingerprint density at radius 3 is 2.85 bits per heavy atom. The van der Waals surface area contributed by atoms with E-state index in [0.29, 0.717) is 23.7 Å². The summed E-state index contributed by atoms with van der Waals surface area (Å²) >= 11 is 0. The van der Waals surface area contributed by atoms with Gasteiger partial charge in [0.15, 0.2) is 5.71 Å². The van der Waals surface area contributed by atoms with Crippen molar-refractivity contribution in [1.29, 1.82) is 0 Å². The lowest BCUT2D eigenvalue weighted by molar-refractivity contribution is -0.482. The molecule has 3 aliphatic rings. The van der Waals surface area contributed by atoms with Crippen molar-refractivity contribution in [2.45, 2.75) is 32.1 Å². The highest BCUT2D eigenvalue weighted by molar-refractivity contribution is 7.81.